The maximum Gasteiger partial charge on any atom is 0.150 e. The Hall–Kier alpha value is -1.28. The predicted molar refractivity (Wildman–Crippen MR) is 64.2 cm³/mol. The van der Waals surface area contributed by atoms with E-state index in [2.05, 4.69) is 25.6 Å². The Kier molecular flexibility index (Phi) is 4.56. The van der Waals surface area contributed by atoms with E-state index in [0.29, 0.717) is 12.3 Å². The van der Waals surface area contributed by atoms with Gasteiger partial charge >= 0.3 is 0 Å². The highest BCUT2D eigenvalue weighted by Gasteiger charge is 2.39. The topological polar surface area (TPSA) is 47.6 Å². The van der Waals surface area contributed by atoms with Crippen LogP contribution in [-0.2, 0) is 0 Å². The molecule has 1 saturated carbocycles. The van der Waals surface area contributed by atoms with Gasteiger partial charge in [-0.3, -0.25) is 0 Å². The van der Waals surface area contributed by atoms with Crippen molar-refractivity contribution in [3.05, 3.63) is 12.7 Å². The van der Waals surface area contributed by atoms with E-state index in [9.17, 15) is 10.5 Å². The van der Waals surface area contributed by atoms with E-state index in [4.69, 9.17) is 0 Å². The van der Waals surface area contributed by atoms with Crippen molar-refractivity contribution < 1.29 is 0 Å². The third kappa shape index (κ3) is 2.64. The third-order valence-corrected chi connectivity index (χ3v) is 3.75. The number of rotatable bonds is 3. The van der Waals surface area contributed by atoms with Gasteiger partial charge in [-0.15, -0.1) is 6.58 Å². The Morgan fingerprint density at radius 2 is 1.94 bits per heavy atom. The van der Waals surface area contributed by atoms with E-state index in [1.54, 1.807) is 6.08 Å². The molecule has 0 amide bonds. The lowest BCUT2D eigenvalue weighted by Crippen LogP contribution is -2.28. The monoisotopic (exact) mass is 216 g/mol. The molecule has 2 nitrogen and oxygen atoms in total. The van der Waals surface area contributed by atoms with Crippen LogP contribution in [0.5, 0.6) is 0 Å². The van der Waals surface area contributed by atoms with E-state index in [1.165, 1.54) is 12.8 Å². The van der Waals surface area contributed by atoms with E-state index in [1.807, 2.05) is 0 Å². The molecule has 2 atom stereocenters. The molecule has 1 aliphatic carbocycles. The minimum absolute atomic E-state index is 0.220. The summed E-state index contributed by atoms with van der Waals surface area (Å²) in [6.07, 6.45) is 7.85. The van der Waals surface area contributed by atoms with Gasteiger partial charge in [-0.2, -0.15) is 10.5 Å². The zero-order chi connectivity index (χ0) is 12.0. The van der Waals surface area contributed by atoms with Gasteiger partial charge in [-0.1, -0.05) is 32.3 Å². The maximum atomic E-state index is 9.32. The minimum atomic E-state index is -0.833. The van der Waals surface area contributed by atoms with Crippen molar-refractivity contribution in [2.24, 2.45) is 17.3 Å². The Balaban J connectivity index is 2.89. The highest BCUT2D eigenvalue weighted by molar-refractivity contribution is 5.18. The molecule has 0 N–H and O–H groups in total. The standard InChI is InChI=1S/C14H20N2/c1-3-8-14(10-15,11-16)13-7-5-4-6-12(2)9-13/h3,12-13H,1,4-9H2,2H3. The molecule has 0 radical (unpaired) electrons. The molecule has 0 spiro atoms. The second kappa shape index (κ2) is 5.71. The number of nitriles is 2. The van der Waals surface area contributed by atoms with Crippen molar-refractivity contribution in [1.82, 2.24) is 0 Å². The van der Waals surface area contributed by atoms with Crippen LogP contribution < -0.4 is 0 Å². The molecule has 86 valence electrons. The summed E-state index contributed by atoms with van der Waals surface area (Å²) >= 11 is 0. The summed E-state index contributed by atoms with van der Waals surface area (Å²) in [5.74, 6) is 0.858. The molecule has 1 fully saturated rings. The number of hydrogen-bond acceptors (Lipinski definition) is 2. The molecule has 0 bridgehead atoms. The SMILES string of the molecule is C=CCC(C#N)(C#N)C1CCCCC(C)C1. The van der Waals surface area contributed by atoms with Gasteiger partial charge in [0, 0.05) is 0 Å². The number of nitrogens with zero attached hydrogens (tertiary/aromatic N) is 2. The van der Waals surface area contributed by atoms with Gasteiger partial charge in [0.1, 0.15) is 5.41 Å². The van der Waals surface area contributed by atoms with Gasteiger partial charge in [-0.05, 0) is 31.1 Å². The zero-order valence-electron chi connectivity index (χ0n) is 10.1. The molecule has 1 aliphatic rings. The van der Waals surface area contributed by atoms with Crippen LogP contribution >= 0.6 is 0 Å². The van der Waals surface area contributed by atoms with Crippen molar-refractivity contribution in [3.8, 4) is 12.1 Å². The molecular weight excluding hydrogens is 196 g/mol. The van der Waals surface area contributed by atoms with Gasteiger partial charge in [0.05, 0.1) is 12.1 Å². The lowest BCUT2D eigenvalue weighted by atomic mass is 9.70. The Morgan fingerprint density at radius 1 is 1.31 bits per heavy atom. The van der Waals surface area contributed by atoms with Crippen molar-refractivity contribution in [2.45, 2.75) is 45.4 Å². The fraction of sp³-hybridized carbons (Fsp3) is 0.714. The van der Waals surface area contributed by atoms with Gasteiger partial charge in [0.2, 0.25) is 0 Å². The van der Waals surface area contributed by atoms with Crippen LogP contribution in [0.3, 0.4) is 0 Å². The van der Waals surface area contributed by atoms with Crippen molar-refractivity contribution in [1.29, 1.82) is 10.5 Å². The predicted octanol–water partition coefficient (Wildman–Crippen LogP) is 3.81. The van der Waals surface area contributed by atoms with Crippen LogP contribution in [0.1, 0.15) is 45.4 Å². The molecule has 2 heteroatoms. The lowest BCUT2D eigenvalue weighted by molar-refractivity contribution is 0.259. The summed E-state index contributed by atoms with van der Waals surface area (Å²) in [6.45, 7) is 5.90. The first-order chi connectivity index (χ1) is 7.68. The molecule has 0 aromatic heterocycles. The van der Waals surface area contributed by atoms with Crippen molar-refractivity contribution in [2.75, 3.05) is 0 Å². The Bertz CT molecular complexity index is 305. The third-order valence-electron chi connectivity index (χ3n) is 3.75. The summed E-state index contributed by atoms with van der Waals surface area (Å²) in [5.41, 5.74) is -0.833. The zero-order valence-corrected chi connectivity index (χ0v) is 10.1. The molecule has 0 heterocycles. The lowest BCUT2D eigenvalue weighted by Gasteiger charge is -2.28. The molecule has 0 aromatic carbocycles. The van der Waals surface area contributed by atoms with Crippen LogP contribution in [0.2, 0.25) is 0 Å². The van der Waals surface area contributed by atoms with Crippen LogP contribution in [-0.4, -0.2) is 0 Å². The first kappa shape index (κ1) is 12.8. The summed E-state index contributed by atoms with van der Waals surface area (Å²) in [7, 11) is 0. The average molecular weight is 216 g/mol. The first-order valence-electron chi connectivity index (χ1n) is 6.12. The van der Waals surface area contributed by atoms with E-state index >= 15 is 0 Å². The summed E-state index contributed by atoms with van der Waals surface area (Å²) in [5, 5.41) is 18.6. The van der Waals surface area contributed by atoms with E-state index in [0.717, 1.165) is 19.3 Å². The first-order valence-corrected chi connectivity index (χ1v) is 6.12. The van der Waals surface area contributed by atoms with Crippen LogP contribution in [0, 0.1) is 39.9 Å². The summed E-state index contributed by atoms with van der Waals surface area (Å²) in [4.78, 5) is 0. The second-order valence-electron chi connectivity index (χ2n) is 5.01. The van der Waals surface area contributed by atoms with E-state index in [-0.39, 0.29) is 5.92 Å². The van der Waals surface area contributed by atoms with Crippen molar-refractivity contribution >= 4 is 0 Å². The quantitative estimate of drug-likeness (QED) is 0.532. The normalized spacial score (nSPS) is 26.2. The fourth-order valence-corrected chi connectivity index (χ4v) is 2.75. The Morgan fingerprint density at radius 3 is 2.50 bits per heavy atom. The summed E-state index contributed by atoms with van der Waals surface area (Å²) in [6, 6.07) is 4.50. The van der Waals surface area contributed by atoms with Gasteiger partial charge < -0.3 is 0 Å². The van der Waals surface area contributed by atoms with Crippen LogP contribution in [0.15, 0.2) is 12.7 Å². The van der Waals surface area contributed by atoms with E-state index < -0.39 is 5.41 Å². The van der Waals surface area contributed by atoms with Crippen LogP contribution in [0.25, 0.3) is 0 Å². The van der Waals surface area contributed by atoms with Gasteiger partial charge in [-0.25, -0.2) is 0 Å². The van der Waals surface area contributed by atoms with Gasteiger partial charge in [0.15, 0.2) is 0 Å². The largest absolute Gasteiger partial charge is 0.197 e. The van der Waals surface area contributed by atoms with Crippen molar-refractivity contribution in [3.63, 3.8) is 0 Å². The second-order valence-corrected chi connectivity index (χ2v) is 5.01. The molecule has 16 heavy (non-hydrogen) atoms. The average Bonchev–Trinajstić information content (AvgIpc) is 2.51. The van der Waals surface area contributed by atoms with Gasteiger partial charge in [0.25, 0.3) is 0 Å². The molecule has 1 rings (SSSR count). The Labute approximate surface area is 98.6 Å². The molecule has 2 unspecified atom stereocenters. The number of allylic oxidation sites excluding steroid dienone is 1. The molecule has 0 aromatic rings. The smallest absolute Gasteiger partial charge is 0.150 e. The fourth-order valence-electron chi connectivity index (χ4n) is 2.75. The molecule has 0 saturated heterocycles. The molecule has 0 aliphatic heterocycles. The maximum absolute atomic E-state index is 9.32. The summed E-state index contributed by atoms with van der Waals surface area (Å²) < 4.78 is 0. The van der Waals surface area contributed by atoms with Crippen LogP contribution in [0.4, 0.5) is 0 Å². The highest BCUT2D eigenvalue weighted by Crippen LogP contribution is 2.41. The molecular formula is C14H20N2. The number of hydrogen-bond donors (Lipinski definition) is 0. The minimum Gasteiger partial charge on any atom is -0.197 e. The highest BCUT2D eigenvalue weighted by atomic mass is 14.5.